The molecule has 0 spiro atoms. The molecule has 5 nitrogen and oxygen atoms in total. The molecule has 0 bridgehead atoms. The number of methoxy groups -OCH3 is 1. The minimum Gasteiger partial charge on any atom is -0.383 e. The predicted octanol–water partition coefficient (Wildman–Crippen LogP) is 2.21. The summed E-state index contributed by atoms with van der Waals surface area (Å²) in [6, 6.07) is 0.591. The highest BCUT2D eigenvalue weighted by molar-refractivity contribution is 5.51. The smallest absolute Gasteiger partial charge is 0.135 e. The van der Waals surface area contributed by atoms with Crippen LogP contribution in [0.3, 0.4) is 0 Å². The second-order valence-electron chi connectivity index (χ2n) is 6.76. The number of rotatable bonds is 5. The molecule has 0 amide bonds. The summed E-state index contributed by atoms with van der Waals surface area (Å²) in [5, 5.41) is 0. The molecule has 0 saturated carbocycles. The van der Waals surface area contributed by atoms with Gasteiger partial charge in [-0.25, -0.2) is 9.97 Å². The van der Waals surface area contributed by atoms with E-state index in [-0.39, 0.29) is 0 Å². The fourth-order valence-corrected chi connectivity index (χ4v) is 3.93. The quantitative estimate of drug-likeness (QED) is 0.832. The first kappa shape index (κ1) is 16.7. The van der Waals surface area contributed by atoms with Crippen LogP contribution in [0, 0.1) is 6.92 Å². The predicted molar refractivity (Wildman–Crippen MR) is 93.2 cm³/mol. The number of piperazine rings is 1. The van der Waals surface area contributed by atoms with Crippen molar-refractivity contribution in [3.63, 3.8) is 0 Å². The van der Waals surface area contributed by atoms with Crippen LogP contribution in [0.1, 0.15) is 43.3 Å². The third kappa shape index (κ3) is 3.66. The molecule has 2 heterocycles. The van der Waals surface area contributed by atoms with Gasteiger partial charge in [-0.3, -0.25) is 4.90 Å². The molecule has 128 valence electrons. The Morgan fingerprint density at radius 3 is 2.78 bits per heavy atom. The molecule has 1 aliphatic heterocycles. The molecular formula is C18H30N4O. The van der Waals surface area contributed by atoms with Gasteiger partial charge in [-0.1, -0.05) is 6.92 Å². The normalized spacial score (nSPS) is 22.2. The van der Waals surface area contributed by atoms with E-state index in [0.29, 0.717) is 6.04 Å². The first-order valence-corrected chi connectivity index (χ1v) is 9.07. The third-order valence-corrected chi connectivity index (χ3v) is 5.23. The van der Waals surface area contributed by atoms with E-state index in [9.17, 15) is 0 Å². The van der Waals surface area contributed by atoms with E-state index < -0.39 is 0 Å². The van der Waals surface area contributed by atoms with Gasteiger partial charge < -0.3 is 9.64 Å². The number of hydrogen-bond donors (Lipinski definition) is 0. The molecule has 1 aromatic rings. The maximum atomic E-state index is 5.26. The first-order valence-electron chi connectivity index (χ1n) is 9.07. The van der Waals surface area contributed by atoms with Gasteiger partial charge in [-0.05, 0) is 39.0 Å². The van der Waals surface area contributed by atoms with E-state index in [1.54, 1.807) is 7.11 Å². The number of aryl methyl sites for hydroxylation is 2. The maximum Gasteiger partial charge on any atom is 0.135 e. The third-order valence-electron chi connectivity index (χ3n) is 5.23. The lowest BCUT2D eigenvalue weighted by Crippen LogP contribution is -2.54. The van der Waals surface area contributed by atoms with Crippen LogP contribution in [0.4, 0.5) is 5.82 Å². The summed E-state index contributed by atoms with van der Waals surface area (Å²) in [6.07, 6.45) is 5.98. The maximum absolute atomic E-state index is 5.26. The zero-order chi connectivity index (χ0) is 16.2. The molecule has 3 rings (SSSR count). The highest BCUT2D eigenvalue weighted by Gasteiger charge is 2.29. The van der Waals surface area contributed by atoms with Crippen molar-refractivity contribution in [3.8, 4) is 0 Å². The Labute approximate surface area is 140 Å². The largest absolute Gasteiger partial charge is 0.383 e. The van der Waals surface area contributed by atoms with E-state index in [2.05, 4.69) is 16.7 Å². The summed E-state index contributed by atoms with van der Waals surface area (Å²) in [4.78, 5) is 14.6. The lowest BCUT2D eigenvalue weighted by Gasteiger charge is -2.42. The molecule has 1 fully saturated rings. The Morgan fingerprint density at radius 2 is 2.00 bits per heavy atom. The average molecular weight is 318 g/mol. The Kier molecular flexibility index (Phi) is 5.49. The van der Waals surface area contributed by atoms with Gasteiger partial charge in [0, 0.05) is 50.6 Å². The van der Waals surface area contributed by atoms with Crippen molar-refractivity contribution in [2.24, 2.45) is 0 Å². The summed E-state index contributed by atoms with van der Waals surface area (Å²) < 4.78 is 5.26. The molecule has 0 N–H and O–H groups in total. The minimum atomic E-state index is 0.591. The van der Waals surface area contributed by atoms with E-state index >= 15 is 0 Å². The van der Waals surface area contributed by atoms with E-state index in [4.69, 9.17) is 14.7 Å². The van der Waals surface area contributed by atoms with Gasteiger partial charge in [-0.2, -0.15) is 0 Å². The molecule has 0 aromatic carbocycles. The number of fused-ring (bicyclic) bond motifs is 1. The summed E-state index contributed by atoms with van der Waals surface area (Å²) in [6.45, 7) is 9.40. The van der Waals surface area contributed by atoms with Gasteiger partial charge in [0.2, 0.25) is 0 Å². The average Bonchev–Trinajstić information content (AvgIpc) is 2.59. The van der Waals surface area contributed by atoms with Crippen LogP contribution in [0.15, 0.2) is 0 Å². The Bertz CT molecular complexity index is 534. The molecule has 0 radical (unpaired) electrons. The van der Waals surface area contributed by atoms with Crippen LogP contribution in [0.5, 0.6) is 0 Å². The minimum absolute atomic E-state index is 0.591. The summed E-state index contributed by atoms with van der Waals surface area (Å²) in [5.41, 5.74) is 2.72. The molecular weight excluding hydrogens is 288 g/mol. The Hall–Kier alpha value is -1.20. The first-order chi connectivity index (χ1) is 11.2. The van der Waals surface area contributed by atoms with Crippen LogP contribution in [0.25, 0.3) is 0 Å². The molecule has 1 aliphatic carbocycles. The number of nitrogens with zero attached hydrogens (tertiary/aromatic N) is 4. The van der Waals surface area contributed by atoms with Crippen LogP contribution in [0.2, 0.25) is 0 Å². The second-order valence-corrected chi connectivity index (χ2v) is 6.76. The van der Waals surface area contributed by atoms with Crippen molar-refractivity contribution in [3.05, 3.63) is 17.1 Å². The molecule has 5 heteroatoms. The van der Waals surface area contributed by atoms with Crippen LogP contribution >= 0.6 is 0 Å². The van der Waals surface area contributed by atoms with E-state index in [1.165, 1.54) is 36.3 Å². The van der Waals surface area contributed by atoms with Crippen molar-refractivity contribution in [2.75, 3.05) is 44.8 Å². The van der Waals surface area contributed by atoms with Gasteiger partial charge in [0.25, 0.3) is 0 Å². The van der Waals surface area contributed by atoms with E-state index in [1.807, 2.05) is 6.92 Å². The topological polar surface area (TPSA) is 41.5 Å². The molecule has 1 saturated heterocycles. The van der Waals surface area contributed by atoms with Gasteiger partial charge in [0.1, 0.15) is 11.6 Å². The van der Waals surface area contributed by atoms with Crippen LogP contribution in [-0.2, 0) is 17.6 Å². The monoisotopic (exact) mass is 318 g/mol. The van der Waals surface area contributed by atoms with Crippen molar-refractivity contribution < 1.29 is 4.74 Å². The van der Waals surface area contributed by atoms with Crippen molar-refractivity contribution in [2.45, 2.75) is 52.0 Å². The van der Waals surface area contributed by atoms with Crippen molar-refractivity contribution >= 4 is 5.82 Å². The van der Waals surface area contributed by atoms with E-state index in [0.717, 1.165) is 51.5 Å². The van der Waals surface area contributed by atoms with Gasteiger partial charge in [0.15, 0.2) is 0 Å². The van der Waals surface area contributed by atoms with Crippen LogP contribution < -0.4 is 4.90 Å². The van der Waals surface area contributed by atoms with Gasteiger partial charge >= 0.3 is 0 Å². The van der Waals surface area contributed by atoms with Crippen LogP contribution in [-0.4, -0.2) is 60.8 Å². The summed E-state index contributed by atoms with van der Waals surface area (Å²) in [5.74, 6) is 2.15. The fourth-order valence-electron chi connectivity index (χ4n) is 3.93. The lowest BCUT2D eigenvalue weighted by atomic mass is 9.95. The number of aromatic nitrogens is 2. The Balaban J connectivity index is 1.79. The number of ether oxygens (including phenoxy) is 1. The fraction of sp³-hybridized carbons (Fsp3) is 0.778. The highest BCUT2D eigenvalue weighted by atomic mass is 16.5. The molecule has 2 aliphatic rings. The van der Waals surface area contributed by atoms with Gasteiger partial charge in [0.05, 0.1) is 6.61 Å². The zero-order valence-electron chi connectivity index (χ0n) is 14.8. The number of anilines is 1. The standard InChI is InChI=1S/C18H30N4O/c1-4-15-13-22(10-9-21(15)11-12-23-3)18-16-7-5-6-8-17(16)19-14(2)20-18/h15H,4-13H2,1-3H3. The summed E-state index contributed by atoms with van der Waals surface area (Å²) in [7, 11) is 1.78. The zero-order valence-corrected chi connectivity index (χ0v) is 14.8. The molecule has 1 atom stereocenters. The lowest BCUT2D eigenvalue weighted by molar-refractivity contribution is 0.109. The summed E-state index contributed by atoms with van der Waals surface area (Å²) >= 11 is 0. The van der Waals surface area contributed by atoms with Gasteiger partial charge in [-0.15, -0.1) is 0 Å². The molecule has 1 aromatic heterocycles. The molecule has 23 heavy (non-hydrogen) atoms. The van der Waals surface area contributed by atoms with Crippen molar-refractivity contribution in [1.82, 2.24) is 14.9 Å². The highest BCUT2D eigenvalue weighted by Crippen LogP contribution is 2.29. The Morgan fingerprint density at radius 1 is 1.17 bits per heavy atom. The SMILES string of the molecule is CCC1CN(c2nc(C)nc3c2CCCC3)CCN1CCOC. The molecule has 1 unspecified atom stereocenters. The second kappa shape index (κ2) is 7.58. The van der Waals surface area contributed by atoms with Crippen molar-refractivity contribution in [1.29, 1.82) is 0 Å². The number of hydrogen-bond acceptors (Lipinski definition) is 5.